The van der Waals surface area contributed by atoms with Crippen LogP contribution in [0.5, 0.6) is 5.75 Å². The van der Waals surface area contributed by atoms with E-state index in [1.54, 1.807) is 47.4 Å². The summed E-state index contributed by atoms with van der Waals surface area (Å²) < 4.78 is 28.6. The molecule has 11 heteroatoms. The van der Waals surface area contributed by atoms with E-state index in [9.17, 15) is 23.1 Å². The minimum Gasteiger partial charge on any atom is -0.506 e. The Bertz CT molecular complexity index is 1440. The number of phenolic OH excluding ortho intramolecular Hbond substituents is 1. The number of nitrogens with one attached hydrogen (secondary N) is 1. The zero-order valence-electron chi connectivity index (χ0n) is 24.1. The van der Waals surface area contributed by atoms with E-state index in [1.165, 1.54) is 36.4 Å². The van der Waals surface area contributed by atoms with Crippen molar-refractivity contribution in [2.45, 2.75) is 18.7 Å². The molecule has 0 spiro atoms. The Morgan fingerprint density at radius 3 is 2.10 bits per heavy atom. The number of hydrogen-bond donors (Lipinski definition) is 2. The van der Waals surface area contributed by atoms with Crippen LogP contribution in [-0.2, 0) is 14.8 Å². The predicted octanol–water partition coefficient (Wildman–Crippen LogP) is 3.14. The molecule has 224 valence electrons. The Kier molecular flexibility index (Phi) is 10.6. The van der Waals surface area contributed by atoms with Crippen LogP contribution in [0.15, 0.2) is 83.8 Å². The summed E-state index contributed by atoms with van der Waals surface area (Å²) >= 11 is 0. The monoisotopic (exact) mass is 593 g/mol. The Balaban J connectivity index is 1.36. The molecule has 0 bridgehead atoms. The zero-order valence-corrected chi connectivity index (χ0v) is 25.0. The SMILES string of the molecule is CCN(CC)CCN1CCN(C(=O)CNC(=O)c2ccc(S(=O)(=O)N(c3ccccc3)c3ccccc3O)cc2)CC1. The number of sulfonamides is 1. The molecular formula is C31H39N5O5S. The third-order valence-electron chi connectivity index (χ3n) is 7.50. The third-order valence-corrected chi connectivity index (χ3v) is 9.25. The summed E-state index contributed by atoms with van der Waals surface area (Å²) in [6.07, 6.45) is 0. The first-order valence-electron chi connectivity index (χ1n) is 14.2. The summed E-state index contributed by atoms with van der Waals surface area (Å²) in [5.74, 6) is -0.801. The number of phenols is 1. The summed E-state index contributed by atoms with van der Waals surface area (Å²) in [4.78, 5) is 32.0. The van der Waals surface area contributed by atoms with Gasteiger partial charge in [-0.1, -0.05) is 44.2 Å². The summed E-state index contributed by atoms with van der Waals surface area (Å²) in [5, 5.41) is 13.1. The van der Waals surface area contributed by atoms with Crippen LogP contribution in [0, 0.1) is 0 Å². The summed E-state index contributed by atoms with van der Waals surface area (Å²) in [6, 6.07) is 20.2. The second-order valence-electron chi connectivity index (χ2n) is 10.1. The molecule has 1 aliphatic heterocycles. The van der Waals surface area contributed by atoms with Crippen molar-refractivity contribution < 1.29 is 23.1 Å². The first kappa shape index (κ1) is 31.0. The number of benzene rings is 3. The lowest BCUT2D eigenvalue weighted by Gasteiger charge is -2.35. The lowest BCUT2D eigenvalue weighted by molar-refractivity contribution is -0.131. The van der Waals surface area contributed by atoms with Gasteiger partial charge in [0.2, 0.25) is 5.91 Å². The summed E-state index contributed by atoms with van der Waals surface area (Å²) in [7, 11) is -4.16. The van der Waals surface area contributed by atoms with Crippen LogP contribution in [0.4, 0.5) is 11.4 Å². The molecule has 1 heterocycles. The van der Waals surface area contributed by atoms with E-state index in [0.717, 1.165) is 43.6 Å². The van der Waals surface area contributed by atoms with Gasteiger partial charge in [-0.2, -0.15) is 0 Å². The standard InChI is InChI=1S/C31H39N5O5S/c1-3-33(4-2)18-19-34-20-22-35(23-21-34)30(38)24-32-31(39)25-14-16-27(17-15-25)42(40,41)36(26-10-6-5-7-11-26)28-12-8-9-13-29(28)37/h5-17,37H,3-4,18-24H2,1-2H3,(H,32,39). The summed E-state index contributed by atoms with van der Waals surface area (Å²) in [5.41, 5.74) is 0.689. The van der Waals surface area contributed by atoms with Crippen molar-refractivity contribution in [1.29, 1.82) is 0 Å². The predicted molar refractivity (Wildman–Crippen MR) is 163 cm³/mol. The van der Waals surface area contributed by atoms with Crippen molar-refractivity contribution in [3.63, 3.8) is 0 Å². The number of aromatic hydroxyl groups is 1. The minimum absolute atomic E-state index is 0.0545. The molecule has 10 nitrogen and oxygen atoms in total. The molecule has 0 aliphatic carbocycles. The highest BCUT2D eigenvalue weighted by atomic mass is 32.2. The molecule has 1 saturated heterocycles. The normalized spacial score (nSPS) is 14.1. The van der Waals surface area contributed by atoms with Gasteiger partial charge in [0.05, 0.1) is 22.8 Å². The molecule has 1 fully saturated rings. The summed E-state index contributed by atoms with van der Waals surface area (Å²) in [6.45, 7) is 11.1. The molecule has 3 aromatic rings. The molecule has 42 heavy (non-hydrogen) atoms. The van der Waals surface area contributed by atoms with Crippen molar-refractivity contribution in [2.75, 3.05) is 63.2 Å². The number of hydrogen-bond acceptors (Lipinski definition) is 7. The highest BCUT2D eigenvalue weighted by Crippen LogP contribution is 2.37. The molecule has 0 atom stereocenters. The van der Waals surface area contributed by atoms with Crippen molar-refractivity contribution in [3.8, 4) is 5.75 Å². The van der Waals surface area contributed by atoms with Crippen LogP contribution in [0.2, 0.25) is 0 Å². The van der Waals surface area contributed by atoms with Crippen molar-refractivity contribution in [3.05, 3.63) is 84.4 Å². The number of likely N-dealkylation sites (N-methyl/N-ethyl adjacent to an activating group) is 1. The Morgan fingerprint density at radius 1 is 0.857 bits per heavy atom. The van der Waals surface area contributed by atoms with Crippen LogP contribution < -0.4 is 9.62 Å². The lowest BCUT2D eigenvalue weighted by Crippen LogP contribution is -2.52. The fourth-order valence-corrected chi connectivity index (χ4v) is 6.41. The van der Waals surface area contributed by atoms with Gasteiger partial charge in [0.1, 0.15) is 5.75 Å². The van der Waals surface area contributed by atoms with E-state index >= 15 is 0 Å². The molecule has 0 saturated carbocycles. The van der Waals surface area contributed by atoms with Crippen LogP contribution in [-0.4, -0.2) is 98.9 Å². The van der Waals surface area contributed by atoms with E-state index in [4.69, 9.17) is 0 Å². The molecule has 2 amide bonds. The quantitative estimate of drug-likeness (QED) is 0.332. The molecule has 1 aliphatic rings. The molecule has 0 aromatic heterocycles. The van der Waals surface area contributed by atoms with Gasteiger partial charge in [0.15, 0.2) is 0 Å². The third kappa shape index (κ3) is 7.47. The van der Waals surface area contributed by atoms with Gasteiger partial charge in [-0.15, -0.1) is 0 Å². The number of carbonyl (C=O) groups excluding carboxylic acids is 2. The Hall–Kier alpha value is -3.93. The van der Waals surface area contributed by atoms with Crippen molar-refractivity contribution >= 4 is 33.2 Å². The number of rotatable bonds is 12. The topological polar surface area (TPSA) is 114 Å². The maximum absolute atomic E-state index is 13.7. The van der Waals surface area contributed by atoms with E-state index in [2.05, 4.69) is 29.0 Å². The van der Waals surface area contributed by atoms with Gasteiger partial charge in [0.25, 0.3) is 15.9 Å². The fourth-order valence-electron chi connectivity index (χ4n) is 4.90. The molecule has 2 N–H and O–H groups in total. The number of anilines is 2. The van der Waals surface area contributed by atoms with Gasteiger partial charge in [-0.3, -0.25) is 14.5 Å². The van der Waals surface area contributed by atoms with Crippen LogP contribution >= 0.6 is 0 Å². The van der Waals surface area contributed by atoms with Crippen molar-refractivity contribution in [1.82, 2.24) is 20.0 Å². The minimum atomic E-state index is -4.16. The number of carbonyl (C=O) groups is 2. The average molecular weight is 594 g/mol. The van der Waals surface area contributed by atoms with Gasteiger partial charge in [-0.25, -0.2) is 12.7 Å². The first-order valence-corrected chi connectivity index (χ1v) is 15.7. The molecule has 3 aromatic carbocycles. The van der Waals surface area contributed by atoms with Gasteiger partial charge in [0, 0.05) is 44.8 Å². The smallest absolute Gasteiger partial charge is 0.268 e. The average Bonchev–Trinajstić information content (AvgIpc) is 3.02. The van der Waals surface area contributed by atoms with Gasteiger partial charge < -0.3 is 20.2 Å². The molecule has 0 unspecified atom stereocenters. The van der Waals surface area contributed by atoms with E-state index in [1.807, 2.05) is 0 Å². The number of amides is 2. The van der Waals surface area contributed by atoms with E-state index < -0.39 is 15.9 Å². The zero-order chi connectivity index (χ0) is 30.1. The van der Waals surface area contributed by atoms with Gasteiger partial charge in [-0.05, 0) is 61.6 Å². The highest BCUT2D eigenvalue weighted by Gasteiger charge is 2.29. The maximum Gasteiger partial charge on any atom is 0.268 e. The molecular weight excluding hydrogens is 554 g/mol. The number of piperazine rings is 1. The highest BCUT2D eigenvalue weighted by molar-refractivity contribution is 7.93. The van der Waals surface area contributed by atoms with E-state index in [-0.39, 0.29) is 34.3 Å². The second kappa shape index (κ2) is 14.3. The first-order chi connectivity index (χ1) is 20.2. The van der Waals surface area contributed by atoms with Crippen molar-refractivity contribution in [2.24, 2.45) is 0 Å². The van der Waals surface area contributed by atoms with Crippen LogP contribution in [0.25, 0.3) is 0 Å². The second-order valence-corrected chi connectivity index (χ2v) is 11.8. The Labute approximate surface area is 248 Å². The largest absolute Gasteiger partial charge is 0.506 e. The van der Waals surface area contributed by atoms with Crippen LogP contribution in [0.3, 0.4) is 0 Å². The molecule has 0 radical (unpaired) electrons. The molecule has 4 rings (SSSR count). The number of nitrogens with zero attached hydrogens (tertiary/aromatic N) is 4. The lowest BCUT2D eigenvalue weighted by atomic mass is 10.2. The number of para-hydroxylation sites is 3. The van der Waals surface area contributed by atoms with Crippen LogP contribution in [0.1, 0.15) is 24.2 Å². The Morgan fingerprint density at radius 2 is 1.48 bits per heavy atom. The van der Waals surface area contributed by atoms with Gasteiger partial charge >= 0.3 is 0 Å². The van der Waals surface area contributed by atoms with E-state index in [0.29, 0.717) is 18.8 Å². The maximum atomic E-state index is 13.7. The fraction of sp³-hybridized carbons (Fsp3) is 0.355.